The summed E-state index contributed by atoms with van der Waals surface area (Å²) in [5.41, 5.74) is 2.20. The van der Waals surface area contributed by atoms with Gasteiger partial charge in [-0.25, -0.2) is 0 Å². The van der Waals surface area contributed by atoms with Gasteiger partial charge in [0.2, 0.25) is 0 Å². The zero-order valence-electron chi connectivity index (χ0n) is 13.1. The number of benzene rings is 1. The van der Waals surface area contributed by atoms with Gasteiger partial charge in [0.05, 0.1) is 0 Å². The molecule has 0 aromatic heterocycles. The second-order valence-corrected chi connectivity index (χ2v) is 6.58. The summed E-state index contributed by atoms with van der Waals surface area (Å²) < 4.78 is 0. The van der Waals surface area contributed by atoms with E-state index in [1.807, 2.05) is 12.1 Å². The van der Waals surface area contributed by atoms with E-state index in [0.717, 1.165) is 51.1 Å². The van der Waals surface area contributed by atoms with Gasteiger partial charge in [-0.05, 0) is 25.5 Å². The van der Waals surface area contributed by atoms with E-state index in [2.05, 4.69) is 29.0 Å². The molecular weight excluding hydrogens is 260 g/mol. The minimum absolute atomic E-state index is 0.277. The van der Waals surface area contributed by atoms with Crippen molar-refractivity contribution in [1.82, 2.24) is 9.80 Å². The predicted molar refractivity (Wildman–Crippen MR) is 85.5 cm³/mol. The van der Waals surface area contributed by atoms with Gasteiger partial charge in [-0.1, -0.05) is 37.1 Å². The van der Waals surface area contributed by atoms with E-state index in [-0.39, 0.29) is 5.92 Å². The SMILES string of the molecule is CN1CCN(Cc2ccccc2C(=O)C2CCCC2)CC1. The van der Waals surface area contributed by atoms with Gasteiger partial charge in [-0.3, -0.25) is 9.69 Å². The van der Waals surface area contributed by atoms with E-state index >= 15 is 0 Å². The minimum atomic E-state index is 0.277. The highest BCUT2D eigenvalue weighted by molar-refractivity contribution is 5.99. The second kappa shape index (κ2) is 6.71. The normalized spacial score (nSPS) is 21.8. The standard InChI is InChI=1S/C18H26N2O/c1-19-10-12-20(13-11-19)14-16-8-4-5-9-17(16)18(21)15-6-2-3-7-15/h4-5,8-9,15H,2-3,6-7,10-14H2,1H3. The fourth-order valence-corrected chi connectivity index (χ4v) is 3.55. The lowest BCUT2D eigenvalue weighted by Crippen LogP contribution is -2.44. The first kappa shape index (κ1) is 14.7. The van der Waals surface area contributed by atoms with Crippen LogP contribution in [-0.2, 0) is 6.54 Å². The summed E-state index contributed by atoms with van der Waals surface area (Å²) in [6, 6.07) is 8.25. The molecule has 1 aromatic rings. The molecule has 0 unspecified atom stereocenters. The lowest BCUT2D eigenvalue weighted by Gasteiger charge is -2.32. The molecule has 114 valence electrons. The fraction of sp³-hybridized carbons (Fsp3) is 0.611. The first-order valence-corrected chi connectivity index (χ1v) is 8.27. The lowest BCUT2D eigenvalue weighted by atomic mass is 9.92. The Hall–Kier alpha value is -1.19. The summed E-state index contributed by atoms with van der Waals surface area (Å²) >= 11 is 0. The molecule has 0 amide bonds. The number of Topliss-reactive ketones (excluding diaryl/α,β-unsaturated/α-hetero) is 1. The van der Waals surface area contributed by atoms with Gasteiger partial charge in [-0.15, -0.1) is 0 Å². The third-order valence-corrected chi connectivity index (χ3v) is 5.00. The number of hydrogen-bond acceptors (Lipinski definition) is 3. The van der Waals surface area contributed by atoms with Crippen LogP contribution in [0.2, 0.25) is 0 Å². The van der Waals surface area contributed by atoms with Gasteiger partial charge in [-0.2, -0.15) is 0 Å². The molecule has 1 aliphatic carbocycles. The molecule has 1 saturated heterocycles. The van der Waals surface area contributed by atoms with E-state index in [0.29, 0.717) is 5.78 Å². The zero-order chi connectivity index (χ0) is 14.7. The predicted octanol–water partition coefficient (Wildman–Crippen LogP) is 2.81. The van der Waals surface area contributed by atoms with E-state index in [1.54, 1.807) is 0 Å². The Bertz CT molecular complexity index is 486. The average molecular weight is 286 g/mol. The number of ketones is 1. The Morgan fingerprint density at radius 2 is 1.76 bits per heavy atom. The highest BCUT2D eigenvalue weighted by Gasteiger charge is 2.26. The molecule has 2 fully saturated rings. The number of carbonyl (C=O) groups is 1. The van der Waals surface area contributed by atoms with Gasteiger partial charge in [0.1, 0.15) is 0 Å². The van der Waals surface area contributed by atoms with Crippen molar-refractivity contribution < 1.29 is 4.79 Å². The third-order valence-electron chi connectivity index (χ3n) is 5.00. The monoisotopic (exact) mass is 286 g/mol. The summed E-state index contributed by atoms with van der Waals surface area (Å²) in [5, 5.41) is 0. The first-order valence-electron chi connectivity index (χ1n) is 8.27. The second-order valence-electron chi connectivity index (χ2n) is 6.58. The summed E-state index contributed by atoms with van der Waals surface area (Å²) in [4.78, 5) is 17.6. The number of rotatable bonds is 4. The topological polar surface area (TPSA) is 23.6 Å². The van der Waals surface area contributed by atoms with Gasteiger partial charge in [0.15, 0.2) is 5.78 Å². The Labute approximate surface area is 127 Å². The number of piperazine rings is 1. The van der Waals surface area contributed by atoms with Crippen LogP contribution in [0.25, 0.3) is 0 Å². The van der Waals surface area contributed by atoms with Crippen LogP contribution < -0.4 is 0 Å². The molecule has 3 rings (SSSR count). The van der Waals surface area contributed by atoms with E-state index in [4.69, 9.17) is 0 Å². The molecule has 0 bridgehead atoms. The summed E-state index contributed by atoms with van der Waals surface area (Å²) in [6.07, 6.45) is 4.61. The molecule has 3 nitrogen and oxygen atoms in total. The quantitative estimate of drug-likeness (QED) is 0.795. The van der Waals surface area contributed by atoms with Crippen molar-refractivity contribution in [3.63, 3.8) is 0 Å². The van der Waals surface area contributed by atoms with Crippen LogP contribution in [0.4, 0.5) is 0 Å². The molecule has 21 heavy (non-hydrogen) atoms. The van der Waals surface area contributed by atoms with Gasteiger partial charge in [0.25, 0.3) is 0 Å². The molecule has 2 aliphatic rings. The maximum Gasteiger partial charge on any atom is 0.166 e. The van der Waals surface area contributed by atoms with Crippen LogP contribution >= 0.6 is 0 Å². The van der Waals surface area contributed by atoms with E-state index in [1.165, 1.54) is 18.4 Å². The number of likely N-dealkylation sites (N-methyl/N-ethyl adjacent to an activating group) is 1. The molecule has 0 N–H and O–H groups in total. The van der Waals surface area contributed by atoms with Crippen LogP contribution in [0.5, 0.6) is 0 Å². The van der Waals surface area contributed by atoms with Gasteiger partial charge < -0.3 is 4.90 Å². The Balaban J connectivity index is 1.71. The van der Waals surface area contributed by atoms with Crippen molar-refractivity contribution in [3.05, 3.63) is 35.4 Å². The van der Waals surface area contributed by atoms with Crippen molar-refractivity contribution in [2.75, 3.05) is 33.2 Å². The minimum Gasteiger partial charge on any atom is -0.304 e. The lowest BCUT2D eigenvalue weighted by molar-refractivity contribution is 0.0919. The summed E-state index contributed by atoms with van der Waals surface area (Å²) in [7, 11) is 2.18. The third kappa shape index (κ3) is 3.53. The van der Waals surface area contributed by atoms with Crippen molar-refractivity contribution in [2.45, 2.75) is 32.2 Å². The molecule has 0 spiro atoms. The first-order chi connectivity index (χ1) is 10.2. The molecule has 3 heteroatoms. The van der Waals surface area contributed by atoms with Crippen LogP contribution in [0.1, 0.15) is 41.6 Å². The van der Waals surface area contributed by atoms with Crippen LogP contribution in [0.15, 0.2) is 24.3 Å². The molecule has 1 aromatic carbocycles. The van der Waals surface area contributed by atoms with Crippen LogP contribution in [0, 0.1) is 5.92 Å². The molecule has 0 atom stereocenters. The fourth-order valence-electron chi connectivity index (χ4n) is 3.55. The van der Waals surface area contributed by atoms with Crippen molar-refractivity contribution in [1.29, 1.82) is 0 Å². The summed E-state index contributed by atoms with van der Waals surface area (Å²) in [6.45, 7) is 5.37. The zero-order valence-corrected chi connectivity index (χ0v) is 13.1. The average Bonchev–Trinajstić information content (AvgIpc) is 3.04. The highest BCUT2D eigenvalue weighted by atomic mass is 16.1. The number of hydrogen-bond donors (Lipinski definition) is 0. The van der Waals surface area contributed by atoms with Crippen LogP contribution in [-0.4, -0.2) is 48.8 Å². The Morgan fingerprint density at radius 3 is 2.48 bits per heavy atom. The smallest absolute Gasteiger partial charge is 0.166 e. The highest BCUT2D eigenvalue weighted by Crippen LogP contribution is 2.29. The Morgan fingerprint density at radius 1 is 1.10 bits per heavy atom. The number of nitrogens with zero attached hydrogens (tertiary/aromatic N) is 2. The molecule has 0 radical (unpaired) electrons. The maximum atomic E-state index is 12.7. The van der Waals surface area contributed by atoms with Crippen LogP contribution in [0.3, 0.4) is 0 Å². The van der Waals surface area contributed by atoms with Gasteiger partial charge in [0, 0.05) is 44.2 Å². The number of carbonyl (C=O) groups excluding carboxylic acids is 1. The maximum absolute atomic E-state index is 12.7. The van der Waals surface area contributed by atoms with Gasteiger partial charge >= 0.3 is 0 Å². The molecule has 1 saturated carbocycles. The summed E-state index contributed by atoms with van der Waals surface area (Å²) in [5.74, 6) is 0.663. The largest absolute Gasteiger partial charge is 0.304 e. The molecule has 1 heterocycles. The Kier molecular flexibility index (Phi) is 4.71. The van der Waals surface area contributed by atoms with Crippen molar-refractivity contribution in [3.8, 4) is 0 Å². The van der Waals surface area contributed by atoms with E-state index in [9.17, 15) is 4.79 Å². The molecular formula is C18H26N2O. The molecule has 1 aliphatic heterocycles. The van der Waals surface area contributed by atoms with Crippen molar-refractivity contribution in [2.24, 2.45) is 5.92 Å². The van der Waals surface area contributed by atoms with Crippen molar-refractivity contribution >= 4 is 5.78 Å². The van der Waals surface area contributed by atoms with E-state index < -0.39 is 0 Å².